The maximum absolute atomic E-state index is 11.3. The van der Waals surface area contributed by atoms with E-state index < -0.39 is 4.75 Å². The molecule has 0 unspecified atom stereocenters. The predicted octanol–water partition coefficient (Wildman–Crippen LogP) is 5.23. The minimum absolute atomic E-state index is 0.545. The van der Waals surface area contributed by atoms with Crippen molar-refractivity contribution < 1.29 is 9.90 Å². The average molecular weight is 418 g/mol. The van der Waals surface area contributed by atoms with Crippen LogP contribution < -0.4 is 0 Å². The Morgan fingerprint density at radius 3 is 2.57 bits per heavy atom. The second-order valence-electron chi connectivity index (χ2n) is 5.85. The quantitative estimate of drug-likeness (QED) is 0.464. The van der Waals surface area contributed by atoms with Crippen LogP contribution >= 0.6 is 23.4 Å². The topological polar surface area (TPSA) is 78.4 Å². The van der Waals surface area contributed by atoms with Crippen LogP contribution in [0.4, 0.5) is 0 Å². The summed E-state index contributed by atoms with van der Waals surface area (Å²) in [6, 6.07) is 9.48. The van der Waals surface area contributed by atoms with Crippen molar-refractivity contribution in [1.82, 2.24) is 9.38 Å². The predicted molar refractivity (Wildman–Crippen MR) is 116 cm³/mol. The number of rotatable bonds is 4. The Balaban J connectivity index is 0.000000921. The molecule has 3 aromatic heterocycles. The lowest BCUT2D eigenvalue weighted by atomic mass is 10.1. The van der Waals surface area contributed by atoms with Crippen LogP contribution in [0.5, 0.6) is 0 Å². The maximum atomic E-state index is 11.3. The number of aldehydes is 1. The van der Waals surface area contributed by atoms with E-state index >= 15 is 0 Å². The standard InChI is InChI=1S/C18H14ClN3OS.C2H6.CH4O/c1-18(2,11-23)24-17-5-6-21-9-14(17)15-4-3-12(8-20)16-7-13(19)10-22(15)16;2*1-2/h3-7,9-11H,1-2H3;1-2H3;2H,1H3. The Bertz CT molecular complexity index is 977. The summed E-state index contributed by atoms with van der Waals surface area (Å²) in [5, 5.41) is 16.8. The van der Waals surface area contributed by atoms with Gasteiger partial charge in [0.1, 0.15) is 12.4 Å². The van der Waals surface area contributed by atoms with Crippen LogP contribution in [0.15, 0.2) is 47.8 Å². The molecule has 3 aromatic rings. The molecule has 0 spiro atoms. The van der Waals surface area contributed by atoms with Crippen molar-refractivity contribution in [3.63, 3.8) is 0 Å². The lowest BCUT2D eigenvalue weighted by molar-refractivity contribution is -0.109. The van der Waals surface area contributed by atoms with Gasteiger partial charge < -0.3 is 14.3 Å². The zero-order valence-corrected chi connectivity index (χ0v) is 18.2. The van der Waals surface area contributed by atoms with Gasteiger partial charge in [0.25, 0.3) is 0 Å². The first-order valence-corrected chi connectivity index (χ1v) is 9.90. The van der Waals surface area contributed by atoms with E-state index in [0.29, 0.717) is 10.6 Å². The van der Waals surface area contributed by atoms with Gasteiger partial charge in [-0.05, 0) is 38.1 Å². The lowest BCUT2D eigenvalue weighted by Crippen LogP contribution is -2.16. The molecule has 28 heavy (non-hydrogen) atoms. The molecule has 3 heterocycles. The molecular formula is C21H24ClN3O2S. The maximum Gasteiger partial charge on any atom is 0.135 e. The van der Waals surface area contributed by atoms with Gasteiger partial charge in [-0.2, -0.15) is 5.26 Å². The van der Waals surface area contributed by atoms with Crippen molar-refractivity contribution in [2.45, 2.75) is 37.3 Å². The smallest absolute Gasteiger partial charge is 0.135 e. The minimum Gasteiger partial charge on any atom is -0.400 e. The average Bonchev–Trinajstić information content (AvgIpc) is 3.12. The fourth-order valence-corrected chi connectivity index (χ4v) is 3.66. The molecule has 0 fully saturated rings. The van der Waals surface area contributed by atoms with Crippen molar-refractivity contribution >= 4 is 35.2 Å². The Labute approximate surface area is 175 Å². The minimum atomic E-state index is -0.545. The number of aliphatic hydroxyl groups excluding tert-OH is 1. The van der Waals surface area contributed by atoms with Gasteiger partial charge >= 0.3 is 0 Å². The SMILES string of the molecule is CC.CC(C)(C=O)Sc1ccncc1-c1ccc(C#N)c2cc(Cl)cn12.CO. The molecule has 3 rings (SSSR count). The highest BCUT2D eigenvalue weighted by molar-refractivity contribution is 8.01. The molecule has 0 atom stereocenters. The summed E-state index contributed by atoms with van der Waals surface area (Å²) in [7, 11) is 1.00. The number of pyridine rings is 2. The van der Waals surface area contributed by atoms with E-state index in [4.69, 9.17) is 16.7 Å². The molecular weight excluding hydrogens is 394 g/mol. The van der Waals surface area contributed by atoms with E-state index in [9.17, 15) is 10.1 Å². The molecule has 148 valence electrons. The van der Waals surface area contributed by atoms with Gasteiger partial charge in [0, 0.05) is 36.2 Å². The van der Waals surface area contributed by atoms with Crippen LogP contribution in [0.25, 0.3) is 16.8 Å². The van der Waals surface area contributed by atoms with Gasteiger partial charge in [0.2, 0.25) is 0 Å². The van der Waals surface area contributed by atoms with Gasteiger partial charge in [-0.25, -0.2) is 0 Å². The second kappa shape index (κ2) is 10.9. The van der Waals surface area contributed by atoms with E-state index in [1.54, 1.807) is 30.7 Å². The number of hydrogen-bond donors (Lipinski definition) is 1. The van der Waals surface area contributed by atoms with Crippen LogP contribution in [0.1, 0.15) is 33.3 Å². The number of nitrogens with zero attached hydrogens (tertiary/aromatic N) is 3. The Hall–Kier alpha value is -2.33. The van der Waals surface area contributed by atoms with Gasteiger partial charge in [0.05, 0.1) is 26.5 Å². The number of carbonyl (C=O) groups excluding carboxylic acids is 1. The number of aliphatic hydroxyl groups is 1. The first-order chi connectivity index (χ1) is 13.4. The van der Waals surface area contributed by atoms with Gasteiger partial charge in [-0.3, -0.25) is 4.98 Å². The van der Waals surface area contributed by atoms with Crippen molar-refractivity contribution in [3.05, 3.63) is 53.4 Å². The highest BCUT2D eigenvalue weighted by Crippen LogP contribution is 2.38. The van der Waals surface area contributed by atoms with E-state index in [1.807, 2.05) is 44.2 Å². The molecule has 0 bridgehead atoms. The first-order valence-electron chi connectivity index (χ1n) is 8.70. The molecule has 1 N–H and O–H groups in total. The summed E-state index contributed by atoms with van der Waals surface area (Å²) in [6.45, 7) is 7.74. The van der Waals surface area contributed by atoms with E-state index in [1.165, 1.54) is 11.8 Å². The number of aromatic nitrogens is 2. The highest BCUT2D eigenvalue weighted by Gasteiger charge is 2.21. The molecule has 0 saturated heterocycles. The third-order valence-electron chi connectivity index (χ3n) is 3.56. The molecule has 0 amide bonds. The van der Waals surface area contributed by atoms with E-state index in [2.05, 4.69) is 11.1 Å². The van der Waals surface area contributed by atoms with E-state index in [0.717, 1.165) is 35.1 Å². The summed E-state index contributed by atoms with van der Waals surface area (Å²) < 4.78 is 1.34. The first kappa shape index (κ1) is 23.7. The number of nitriles is 1. The number of carbonyl (C=O) groups is 1. The van der Waals surface area contributed by atoms with Crippen molar-refractivity contribution in [3.8, 4) is 17.3 Å². The zero-order valence-electron chi connectivity index (χ0n) is 16.6. The van der Waals surface area contributed by atoms with Crippen LogP contribution in [0.2, 0.25) is 5.02 Å². The third-order valence-corrected chi connectivity index (χ3v) is 4.97. The fourth-order valence-electron chi connectivity index (χ4n) is 2.45. The number of thioether (sulfide) groups is 1. The summed E-state index contributed by atoms with van der Waals surface area (Å²) >= 11 is 7.62. The molecule has 0 radical (unpaired) electrons. The molecule has 0 aliphatic heterocycles. The summed E-state index contributed by atoms with van der Waals surface area (Å²) in [4.78, 5) is 16.4. The fraction of sp³-hybridized carbons (Fsp3) is 0.286. The summed E-state index contributed by atoms with van der Waals surface area (Å²) in [6.07, 6.45) is 6.18. The van der Waals surface area contributed by atoms with Gasteiger partial charge in [-0.15, -0.1) is 11.8 Å². The third kappa shape index (κ3) is 5.35. The number of halogens is 1. The van der Waals surface area contributed by atoms with Crippen molar-refractivity contribution in [2.24, 2.45) is 0 Å². The number of fused-ring (bicyclic) bond motifs is 1. The molecule has 5 nitrogen and oxygen atoms in total. The van der Waals surface area contributed by atoms with E-state index in [-0.39, 0.29) is 0 Å². The largest absolute Gasteiger partial charge is 0.400 e. The molecule has 0 aromatic carbocycles. The molecule has 7 heteroatoms. The van der Waals surface area contributed by atoms with Crippen LogP contribution in [0.3, 0.4) is 0 Å². The molecule has 0 saturated carbocycles. The summed E-state index contributed by atoms with van der Waals surface area (Å²) in [5.41, 5.74) is 3.05. The van der Waals surface area contributed by atoms with Crippen LogP contribution in [-0.4, -0.2) is 32.6 Å². The summed E-state index contributed by atoms with van der Waals surface area (Å²) in [5.74, 6) is 0. The van der Waals surface area contributed by atoms with Crippen molar-refractivity contribution in [1.29, 1.82) is 5.26 Å². The van der Waals surface area contributed by atoms with Crippen LogP contribution in [-0.2, 0) is 4.79 Å². The van der Waals surface area contributed by atoms with Gasteiger partial charge in [-0.1, -0.05) is 25.4 Å². The Morgan fingerprint density at radius 1 is 1.29 bits per heavy atom. The second-order valence-corrected chi connectivity index (χ2v) is 7.99. The van der Waals surface area contributed by atoms with Gasteiger partial charge in [0.15, 0.2) is 0 Å². The Kier molecular flexibility index (Phi) is 9.20. The highest BCUT2D eigenvalue weighted by atomic mass is 35.5. The van der Waals surface area contributed by atoms with Crippen LogP contribution in [0, 0.1) is 11.3 Å². The van der Waals surface area contributed by atoms with Crippen molar-refractivity contribution in [2.75, 3.05) is 7.11 Å². The number of hydrogen-bond acceptors (Lipinski definition) is 5. The normalized spacial score (nSPS) is 10.2. The monoisotopic (exact) mass is 417 g/mol. The molecule has 0 aliphatic rings. The Morgan fingerprint density at radius 2 is 1.96 bits per heavy atom. The zero-order chi connectivity index (χ0) is 21.3. The lowest BCUT2D eigenvalue weighted by Gasteiger charge is -2.19. The molecule has 0 aliphatic carbocycles.